The van der Waals surface area contributed by atoms with E-state index in [1.54, 1.807) is 12.1 Å². The predicted octanol–water partition coefficient (Wildman–Crippen LogP) is 0.330. The molecule has 0 saturated heterocycles. The normalized spacial score (nSPS) is 10.0. The summed E-state index contributed by atoms with van der Waals surface area (Å²) in [6.45, 7) is 1.90. The Bertz CT molecular complexity index is 357. The van der Waals surface area contributed by atoms with Crippen LogP contribution in [0.5, 0.6) is 0 Å². The second-order valence-electron chi connectivity index (χ2n) is 3.17. The zero-order chi connectivity index (χ0) is 11.3. The van der Waals surface area contributed by atoms with Crippen LogP contribution in [0.4, 0.5) is 0 Å². The molecule has 15 heavy (non-hydrogen) atoms. The van der Waals surface area contributed by atoms with E-state index in [-0.39, 0.29) is 18.3 Å². The van der Waals surface area contributed by atoms with E-state index < -0.39 is 0 Å². The van der Waals surface area contributed by atoms with E-state index in [4.69, 9.17) is 5.11 Å². The number of aliphatic hydroxyl groups is 1. The van der Waals surface area contributed by atoms with Gasteiger partial charge in [0.15, 0.2) is 5.78 Å². The molecule has 0 fully saturated rings. The van der Waals surface area contributed by atoms with Crippen molar-refractivity contribution < 1.29 is 14.7 Å². The van der Waals surface area contributed by atoms with E-state index in [0.717, 1.165) is 0 Å². The first kappa shape index (κ1) is 11.5. The molecule has 5 nitrogen and oxygen atoms in total. The fourth-order valence-electron chi connectivity index (χ4n) is 1.11. The van der Waals surface area contributed by atoms with E-state index in [9.17, 15) is 9.59 Å². The number of aliphatic hydroxyl groups excluding tert-OH is 1. The SMILES string of the molecule is CC(=O)c1ccc(C(=O)NCCCO)[nH]1. The van der Waals surface area contributed by atoms with Crippen LogP contribution < -0.4 is 5.32 Å². The van der Waals surface area contributed by atoms with Gasteiger partial charge in [0.25, 0.3) is 5.91 Å². The Kier molecular flexibility index (Phi) is 4.05. The fourth-order valence-corrected chi connectivity index (χ4v) is 1.11. The second-order valence-corrected chi connectivity index (χ2v) is 3.17. The molecule has 3 N–H and O–H groups in total. The third-order valence-corrected chi connectivity index (χ3v) is 1.93. The summed E-state index contributed by atoms with van der Waals surface area (Å²) in [5, 5.41) is 11.1. The number of Topliss-reactive ketones (excluding diaryl/α,β-unsaturated/α-hetero) is 1. The van der Waals surface area contributed by atoms with Crippen LogP contribution in [0.2, 0.25) is 0 Å². The van der Waals surface area contributed by atoms with Gasteiger partial charge in [0, 0.05) is 20.1 Å². The van der Waals surface area contributed by atoms with Crippen LogP contribution in [0.1, 0.15) is 34.3 Å². The maximum atomic E-state index is 11.4. The fraction of sp³-hybridized carbons (Fsp3) is 0.400. The van der Waals surface area contributed by atoms with Gasteiger partial charge in [-0.1, -0.05) is 0 Å². The summed E-state index contributed by atoms with van der Waals surface area (Å²) in [6, 6.07) is 3.13. The number of ketones is 1. The molecule has 0 aliphatic heterocycles. The molecule has 1 amide bonds. The molecule has 0 bridgehead atoms. The van der Waals surface area contributed by atoms with Crippen molar-refractivity contribution in [3.63, 3.8) is 0 Å². The molecular weight excluding hydrogens is 196 g/mol. The summed E-state index contributed by atoms with van der Waals surface area (Å²) >= 11 is 0. The topological polar surface area (TPSA) is 82.2 Å². The van der Waals surface area contributed by atoms with Gasteiger partial charge in [0.1, 0.15) is 5.69 Å². The maximum Gasteiger partial charge on any atom is 0.267 e. The molecule has 1 aromatic rings. The van der Waals surface area contributed by atoms with Gasteiger partial charge in [-0.3, -0.25) is 9.59 Å². The average molecular weight is 210 g/mol. The van der Waals surface area contributed by atoms with Crippen molar-refractivity contribution in [2.75, 3.05) is 13.2 Å². The van der Waals surface area contributed by atoms with Gasteiger partial charge in [-0.15, -0.1) is 0 Å². The molecule has 0 aliphatic rings. The largest absolute Gasteiger partial charge is 0.396 e. The first-order valence-electron chi connectivity index (χ1n) is 4.74. The lowest BCUT2D eigenvalue weighted by atomic mass is 10.3. The van der Waals surface area contributed by atoms with Gasteiger partial charge < -0.3 is 15.4 Å². The summed E-state index contributed by atoms with van der Waals surface area (Å²) in [5.41, 5.74) is 0.778. The molecular formula is C10H14N2O3. The van der Waals surface area contributed by atoms with Crippen LogP contribution in [0, 0.1) is 0 Å². The predicted molar refractivity (Wildman–Crippen MR) is 54.8 cm³/mol. The van der Waals surface area contributed by atoms with Crippen molar-refractivity contribution in [3.8, 4) is 0 Å². The van der Waals surface area contributed by atoms with Crippen molar-refractivity contribution in [2.45, 2.75) is 13.3 Å². The maximum absolute atomic E-state index is 11.4. The highest BCUT2D eigenvalue weighted by molar-refractivity contribution is 5.97. The van der Waals surface area contributed by atoms with Gasteiger partial charge in [-0.05, 0) is 18.6 Å². The number of carbonyl (C=O) groups is 2. The minimum atomic E-state index is -0.268. The van der Waals surface area contributed by atoms with Gasteiger partial charge in [-0.25, -0.2) is 0 Å². The summed E-state index contributed by atoms with van der Waals surface area (Å²) in [7, 11) is 0. The Morgan fingerprint density at radius 3 is 2.60 bits per heavy atom. The number of rotatable bonds is 5. The Morgan fingerprint density at radius 2 is 2.07 bits per heavy atom. The second kappa shape index (κ2) is 5.31. The monoisotopic (exact) mass is 210 g/mol. The van der Waals surface area contributed by atoms with Crippen molar-refractivity contribution in [1.82, 2.24) is 10.3 Å². The highest BCUT2D eigenvalue weighted by atomic mass is 16.3. The van der Waals surface area contributed by atoms with Crippen molar-refractivity contribution in [2.24, 2.45) is 0 Å². The molecule has 0 atom stereocenters. The Hall–Kier alpha value is -1.62. The third-order valence-electron chi connectivity index (χ3n) is 1.93. The van der Waals surface area contributed by atoms with E-state index in [2.05, 4.69) is 10.3 Å². The van der Waals surface area contributed by atoms with E-state index in [1.165, 1.54) is 6.92 Å². The van der Waals surface area contributed by atoms with Gasteiger partial charge >= 0.3 is 0 Å². The molecule has 0 saturated carbocycles. The van der Waals surface area contributed by atoms with E-state index in [0.29, 0.717) is 24.4 Å². The zero-order valence-corrected chi connectivity index (χ0v) is 8.54. The molecule has 0 aromatic carbocycles. The van der Waals surface area contributed by atoms with Crippen molar-refractivity contribution in [1.29, 1.82) is 0 Å². The quantitative estimate of drug-likeness (QED) is 0.484. The lowest BCUT2D eigenvalue weighted by Gasteiger charge is -2.01. The standard InChI is InChI=1S/C10H14N2O3/c1-7(14)8-3-4-9(12-8)10(15)11-5-2-6-13/h3-4,12-13H,2,5-6H2,1H3,(H,11,15). The van der Waals surface area contributed by atoms with Crippen LogP contribution in [0.15, 0.2) is 12.1 Å². The molecule has 0 spiro atoms. The number of aromatic amines is 1. The minimum Gasteiger partial charge on any atom is -0.396 e. The summed E-state index contributed by atoms with van der Waals surface area (Å²) in [5.74, 6) is -0.375. The van der Waals surface area contributed by atoms with Gasteiger partial charge in [0.2, 0.25) is 0 Å². The van der Waals surface area contributed by atoms with Crippen LogP contribution in [-0.4, -0.2) is 34.9 Å². The lowest BCUT2D eigenvalue weighted by molar-refractivity contribution is 0.0947. The Labute approximate surface area is 87.5 Å². The highest BCUT2D eigenvalue weighted by Gasteiger charge is 2.09. The average Bonchev–Trinajstić information content (AvgIpc) is 2.66. The van der Waals surface area contributed by atoms with Crippen LogP contribution >= 0.6 is 0 Å². The summed E-state index contributed by atoms with van der Waals surface area (Å²) in [4.78, 5) is 25.1. The zero-order valence-electron chi connectivity index (χ0n) is 8.54. The first-order valence-corrected chi connectivity index (χ1v) is 4.74. The molecule has 82 valence electrons. The number of hydrogen-bond acceptors (Lipinski definition) is 3. The number of nitrogens with one attached hydrogen (secondary N) is 2. The number of aromatic nitrogens is 1. The molecule has 1 heterocycles. The molecule has 5 heteroatoms. The number of hydrogen-bond donors (Lipinski definition) is 3. The first-order chi connectivity index (χ1) is 7.15. The number of carbonyl (C=O) groups excluding carboxylic acids is 2. The van der Waals surface area contributed by atoms with Crippen LogP contribution in [0.25, 0.3) is 0 Å². The van der Waals surface area contributed by atoms with Crippen molar-refractivity contribution >= 4 is 11.7 Å². The summed E-state index contributed by atoms with van der Waals surface area (Å²) in [6.07, 6.45) is 0.520. The molecule has 0 aliphatic carbocycles. The van der Waals surface area contributed by atoms with Gasteiger partial charge in [0.05, 0.1) is 5.69 Å². The Balaban J connectivity index is 2.54. The molecule has 1 rings (SSSR count). The van der Waals surface area contributed by atoms with Gasteiger partial charge in [-0.2, -0.15) is 0 Å². The molecule has 1 aromatic heterocycles. The highest BCUT2D eigenvalue weighted by Crippen LogP contribution is 2.02. The molecule has 0 unspecified atom stereocenters. The summed E-state index contributed by atoms with van der Waals surface area (Å²) < 4.78 is 0. The van der Waals surface area contributed by atoms with Crippen LogP contribution in [-0.2, 0) is 0 Å². The van der Waals surface area contributed by atoms with E-state index >= 15 is 0 Å². The Morgan fingerprint density at radius 1 is 1.40 bits per heavy atom. The van der Waals surface area contributed by atoms with Crippen LogP contribution in [0.3, 0.4) is 0 Å². The van der Waals surface area contributed by atoms with E-state index in [1.807, 2.05) is 0 Å². The number of H-pyrrole nitrogens is 1. The minimum absolute atomic E-state index is 0.0453. The smallest absolute Gasteiger partial charge is 0.267 e. The lowest BCUT2D eigenvalue weighted by Crippen LogP contribution is -2.25. The number of amides is 1. The third kappa shape index (κ3) is 3.21. The molecule has 0 radical (unpaired) electrons. The van der Waals surface area contributed by atoms with Crippen molar-refractivity contribution in [3.05, 3.63) is 23.5 Å².